The molecule has 0 radical (unpaired) electrons. The predicted octanol–water partition coefficient (Wildman–Crippen LogP) is 8.67. The number of amides is 1. The number of benzene rings is 3. The van der Waals surface area contributed by atoms with Gasteiger partial charge in [-0.1, -0.05) is 80.3 Å². The van der Waals surface area contributed by atoms with Crippen molar-refractivity contribution in [2.45, 2.75) is 76.8 Å². The van der Waals surface area contributed by atoms with Crippen molar-refractivity contribution >= 4 is 30.9 Å². The van der Waals surface area contributed by atoms with E-state index in [2.05, 4.69) is 19.6 Å². The van der Waals surface area contributed by atoms with E-state index in [4.69, 9.17) is 19.2 Å². The highest BCUT2D eigenvalue weighted by molar-refractivity contribution is 6.76. The topological polar surface area (TPSA) is 78.0 Å². The quantitative estimate of drug-likeness (QED) is 0.119. The Morgan fingerprint density at radius 3 is 2.17 bits per heavy atom. The fourth-order valence-corrected chi connectivity index (χ4v) is 7.31. The van der Waals surface area contributed by atoms with Crippen LogP contribution in [0.2, 0.25) is 25.7 Å². The van der Waals surface area contributed by atoms with Gasteiger partial charge in [0.15, 0.2) is 5.75 Å². The fraction of sp³-hybridized carbons (Fsp3) is 0.395. The van der Waals surface area contributed by atoms with Crippen molar-refractivity contribution in [3.8, 4) is 11.5 Å². The van der Waals surface area contributed by atoms with Crippen LogP contribution >= 0.6 is 0 Å². The van der Waals surface area contributed by atoms with Crippen molar-refractivity contribution in [1.82, 2.24) is 9.88 Å². The van der Waals surface area contributed by atoms with Gasteiger partial charge in [0.05, 0.1) is 17.7 Å². The average Bonchev–Trinajstić information content (AvgIpc) is 3.31. The third-order valence-electron chi connectivity index (χ3n) is 9.06. The molecular weight excluding hydrogens is 612 g/mol. The first-order chi connectivity index (χ1) is 22.6. The van der Waals surface area contributed by atoms with Gasteiger partial charge in [0.1, 0.15) is 23.5 Å². The summed E-state index contributed by atoms with van der Waals surface area (Å²) in [6.45, 7) is 8.97. The van der Waals surface area contributed by atoms with Gasteiger partial charge in [-0.2, -0.15) is 0 Å². The number of alkyl halides is 1. The van der Waals surface area contributed by atoms with Crippen LogP contribution in [0.1, 0.15) is 72.0 Å². The van der Waals surface area contributed by atoms with Crippen LogP contribution in [-0.2, 0) is 9.53 Å². The van der Waals surface area contributed by atoms with Crippen LogP contribution in [0.4, 0.5) is 4.39 Å². The monoisotopic (exact) mass is 654 g/mol. The van der Waals surface area contributed by atoms with Crippen molar-refractivity contribution in [3.63, 3.8) is 0 Å². The zero-order valence-electron chi connectivity index (χ0n) is 27.6. The maximum atomic E-state index is 14.7. The van der Waals surface area contributed by atoms with Crippen LogP contribution < -0.4 is 9.47 Å². The maximum absolute atomic E-state index is 14.7. The molecule has 0 N–H and O–H groups in total. The standard InChI is InChI=1S/C38H43FN2O5Si/c1-25(42)45-38-32-31(37(43)41(38)24-26-17-19-29(39)20-18-26)36(33-30(16-11-21-40-33)35(32)44-22-23-47(2,3)4)46-34(27-12-7-5-8-13-27)28-14-9-6-10-15-28/h5-16,21,26,29,34,38H,17-20,22-24H2,1-4H3. The number of esters is 1. The van der Waals surface area contributed by atoms with E-state index in [-0.39, 0.29) is 11.8 Å². The minimum Gasteiger partial charge on any atom is -0.493 e. The lowest BCUT2D eigenvalue weighted by atomic mass is 9.88. The lowest BCUT2D eigenvalue weighted by Crippen LogP contribution is -2.36. The third kappa shape index (κ3) is 7.20. The van der Waals surface area contributed by atoms with E-state index < -0.39 is 32.5 Å². The van der Waals surface area contributed by atoms with E-state index in [1.54, 1.807) is 11.1 Å². The molecule has 2 aliphatic rings. The molecule has 0 spiro atoms. The van der Waals surface area contributed by atoms with E-state index in [1.807, 2.05) is 72.8 Å². The highest BCUT2D eigenvalue weighted by Gasteiger charge is 2.47. The van der Waals surface area contributed by atoms with Crippen molar-refractivity contribution in [3.05, 3.63) is 101 Å². The van der Waals surface area contributed by atoms with Gasteiger partial charge in [-0.3, -0.25) is 19.5 Å². The van der Waals surface area contributed by atoms with E-state index >= 15 is 0 Å². The van der Waals surface area contributed by atoms with Gasteiger partial charge in [-0.05, 0) is 60.9 Å². The number of rotatable bonds is 11. The Bertz CT molecular complexity index is 1680. The summed E-state index contributed by atoms with van der Waals surface area (Å²) < 4.78 is 33.7. The minimum atomic E-state index is -1.48. The second-order valence-corrected chi connectivity index (χ2v) is 19.5. The van der Waals surface area contributed by atoms with Crippen LogP contribution in [0.3, 0.4) is 0 Å². The van der Waals surface area contributed by atoms with E-state index in [0.29, 0.717) is 72.4 Å². The molecule has 0 bridgehead atoms. The summed E-state index contributed by atoms with van der Waals surface area (Å²) in [5, 5.41) is 0.682. The molecule has 3 aromatic carbocycles. The van der Waals surface area contributed by atoms with Gasteiger partial charge in [0, 0.05) is 33.1 Å². The molecule has 9 heteroatoms. The summed E-state index contributed by atoms with van der Waals surface area (Å²) in [6, 6.07) is 24.4. The predicted molar refractivity (Wildman–Crippen MR) is 183 cm³/mol. The molecule has 1 unspecified atom stereocenters. The average molecular weight is 655 g/mol. The molecule has 246 valence electrons. The smallest absolute Gasteiger partial charge is 0.304 e. The Morgan fingerprint density at radius 2 is 1.57 bits per heavy atom. The number of nitrogens with zero attached hydrogens (tertiary/aromatic N) is 2. The SMILES string of the molecule is CC(=O)OC1c2c(c(OC(c3ccccc3)c3ccccc3)c3ncccc3c2OCC[Si](C)(C)C)C(=O)N1CC1CCC(F)CC1. The van der Waals surface area contributed by atoms with E-state index in [0.717, 1.165) is 17.2 Å². The molecule has 6 rings (SSSR count). The summed E-state index contributed by atoms with van der Waals surface area (Å²) in [6.07, 6.45) is 1.52. The van der Waals surface area contributed by atoms with Crippen molar-refractivity contribution in [1.29, 1.82) is 0 Å². The molecule has 1 atom stereocenters. The van der Waals surface area contributed by atoms with Gasteiger partial charge < -0.3 is 14.2 Å². The summed E-state index contributed by atoms with van der Waals surface area (Å²) in [4.78, 5) is 33.8. The molecular formula is C38H43FN2O5Si. The first kappa shape index (κ1) is 32.7. The van der Waals surface area contributed by atoms with E-state index in [1.165, 1.54) is 6.92 Å². The van der Waals surface area contributed by atoms with Gasteiger partial charge in [0.2, 0.25) is 6.23 Å². The van der Waals surface area contributed by atoms with Crippen molar-refractivity contribution in [2.24, 2.45) is 5.92 Å². The number of carbonyl (C=O) groups excluding carboxylic acids is 2. The van der Waals surface area contributed by atoms with Crippen LogP contribution in [0.5, 0.6) is 11.5 Å². The number of hydrogen-bond donors (Lipinski definition) is 0. The highest BCUT2D eigenvalue weighted by Crippen LogP contribution is 2.51. The van der Waals surface area contributed by atoms with Gasteiger partial charge in [-0.25, -0.2) is 4.39 Å². The largest absolute Gasteiger partial charge is 0.493 e. The normalized spacial score (nSPS) is 19.6. The molecule has 1 saturated carbocycles. The highest BCUT2D eigenvalue weighted by atomic mass is 28.3. The summed E-state index contributed by atoms with van der Waals surface area (Å²) >= 11 is 0. The molecule has 1 aliphatic heterocycles. The van der Waals surface area contributed by atoms with Gasteiger partial charge in [0.25, 0.3) is 5.91 Å². The Kier molecular flexibility index (Phi) is 9.64. The summed E-state index contributed by atoms with van der Waals surface area (Å²) in [5.74, 6) is 0.0579. The number of aromatic nitrogens is 1. The molecule has 1 amide bonds. The molecule has 1 aliphatic carbocycles. The van der Waals surface area contributed by atoms with Crippen LogP contribution in [-0.4, -0.2) is 49.2 Å². The number of hydrogen-bond acceptors (Lipinski definition) is 6. The number of fused-ring (bicyclic) bond motifs is 2. The molecule has 2 heterocycles. The molecule has 0 saturated heterocycles. The molecule has 47 heavy (non-hydrogen) atoms. The number of carbonyl (C=O) groups is 2. The van der Waals surface area contributed by atoms with Crippen molar-refractivity contribution in [2.75, 3.05) is 13.2 Å². The second kappa shape index (κ2) is 13.9. The zero-order valence-corrected chi connectivity index (χ0v) is 28.6. The lowest BCUT2D eigenvalue weighted by Gasteiger charge is -2.31. The molecule has 4 aromatic rings. The van der Waals surface area contributed by atoms with Gasteiger partial charge >= 0.3 is 5.97 Å². The lowest BCUT2D eigenvalue weighted by molar-refractivity contribution is -0.154. The Morgan fingerprint density at radius 1 is 0.936 bits per heavy atom. The fourth-order valence-electron chi connectivity index (χ4n) is 6.60. The second-order valence-electron chi connectivity index (χ2n) is 13.9. The van der Waals surface area contributed by atoms with Crippen molar-refractivity contribution < 1.29 is 28.2 Å². The molecule has 1 fully saturated rings. The first-order valence-electron chi connectivity index (χ1n) is 16.6. The number of halogens is 1. The summed E-state index contributed by atoms with van der Waals surface area (Å²) in [7, 11) is -1.48. The van der Waals surface area contributed by atoms with Crippen LogP contribution in [0.25, 0.3) is 10.9 Å². The minimum absolute atomic E-state index is 0.0767. The molecule has 1 aromatic heterocycles. The third-order valence-corrected chi connectivity index (χ3v) is 10.8. The maximum Gasteiger partial charge on any atom is 0.304 e. The Hall–Kier alpha value is -4.24. The number of ether oxygens (including phenoxy) is 3. The van der Waals surface area contributed by atoms with Gasteiger partial charge in [-0.15, -0.1) is 0 Å². The Labute approximate surface area is 277 Å². The van der Waals surface area contributed by atoms with E-state index in [9.17, 15) is 14.0 Å². The summed E-state index contributed by atoms with van der Waals surface area (Å²) in [5.41, 5.74) is 3.10. The number of pyridine rings is 1. The van der Waals surface area contributed by atoms with Crippen LogP contribution in [0.15, 0.2) is 79.0 Å². The Balaban J connectivity index is 1.54. The zero-order chi connectivity index (χ0) is 33.1. The molecule has 7 nitrogen and oxygen atoms in total. The first-order valence-corrected chi connectivity index (χ1v) is 20.3. The van der Waals surface area contributed by atoms with Crippen LogP contribution in [0, 0.1) is 5.92 Å².